The molecule has 1 aromatic carbocycles. The van der Waals surface area contributed by atoms with Gasteiger partial charge in [-0.3, -0.25) is 0 Å². The summed E-state index contributed by atoms with van der Waals surface area (Å²) in [5.74, 6) is 1.29. The van der Waals surface area contributed by atoms with Crippen LogP contribution in [-0.2, 0) is 4.74 Å². The molecule has 0 aliphatic heterocycles. The van der Waals surface area contributed by atoms with E-state index in [2.05, 4.69) is 19.9 Å². The molecule has 0 N–H and O–H groups in total. The fourth-order valence-corrected chi connectivity index (χ4v) is 1.89. The molecule has 3 heteroatoms. The summed E-state index contributed by atoms with van der Waals surface area (Å²) in [6.45, 7) is 6.52. The average Bonchev–Trinajstić information content (AvgIpc) is 2.43. The highest BCUT2D eigenvalue weighted by atomic mass is 16.5. The Morgan fingerprint density at radius 2 is 2.05 bits per heavy atom. The van der Waals surface area contributed by atoms with E-state index in [1.165, 1.54) is 12.8 Å². The minimum atomic E-state index is 0.583. The van der Waals surface area contributed by atoms with Crippen molar-refractivity contribution in [3.8, 4) is 11.8 Å². The molecular weight excluding hydrogens is 238 g/mol. The fourth-order valence-electron chi connectivity index (χ4n) is 1.89. The predicted octanol–water partition coefficient (Wildman–Crippen LogP) is 3.78. The van der Waals surface area contributed by atoms with Gasteiger partial charge in [0.05, 0.1) is 12.2 Å². The molecule has 0 fully saturated rings. The molecule has 1 rings (SSSR count). The molecule has 0 bridgehead atoms. The van der Waals surface area contributed by atoms with Crippen molar-refractivity contribution < 1.29 is 9.47 Å². The third-order valence-electron chi connectivity index (χ3n) is 2.88. The first kappa shape index (κ1) is 15.5. The van der Waals surface area contributed by atoms with Crippen LogP contribution >= 0.6 is 0 Å². The van der Waals surface area contributed by atoms with E-state index in [-0.39, 0.29) is 0 Å². The molecule has 1 atom stereocenters. The van der Waals surface area contributed by atoms with Crippen LogP contribution in [-0.4, -0.2) is 19.8 Å². The standard InChI is InChI=1S/C16H23NO2/c1-3-7-14(2)13-18-10-6-11-19-16-9-5-4-8-15(16)12-17/h4-5,8-9,14H,3,6-7,10-11,13H2,1-2H3. The van der Waals surface area contributed by atoms with E-state index in [1.807, 2.05) is 18.2 Å². The van der Waals surface area contributed by atoms with Crippen LogP contribution < -0.4 is 4.74 Å². The average molecular weight is 261 g/mol. The molecule has 0 aliphatic rings. The molecule has 0 saturated heterocycles. The normalized spacial score (nSPS) is 11.8. The van der Waals surface area contributed by atoms with Crippen molar-refractivity contribution in [2.45, 2.75) is 33.1 Å². The summed E-state index contributed by atoms with van der Waals surface area (Å²) in [7, 11) is 0. The second-order valence-corrected chi connectivity index (χ2v) is 4.78. The molecule has 104 valence electrons. The highest BCUT2D eigenvalue weighted by Gasteiger charge is 2.02. The Morgan fingerprint density at radius 3 is 2.79 bits per heavy atom. The van der Waals surface area contributed by atoms with Gasteiger partial charge in [0, 0.05) is 19.6 Å². The molecule has 19 heavy (non-hydrogen) atoms. The van der Waals surface area contributed by atoms with E-state index in [0.717, 1.165) is 13.0 Å². The van der Waals surface area contributed by atoms with Crippen molar-refractivity contribution in [2.75, 3.05) is 19.8 Å². The summed E-state index contributed by atoms with van der Waals surface area (Å²) >= 11 is 0. The first-order chi connectivity index (χ1) is 9.27. The van der Waals surface area contributed by atoms with Crippen molar-refractivity contribution in [2.24, 2.45) is 5.92 Å². The van der Waals surface area contributed by atoms with Gasteiger partial charge in [-0.1, -0.05) is 32.4 Å². The zero-order valence-electron chi connectivity index (χ0n) is 11.9. The maximum Gasteiger partial charge on any atom is 0.137 e. The Bertz CT molecular complexity index is 398. The van der Waals surface area contributed by atoms with Gasteiger partial charge in [-0.05, 0) is 24.5 Å². The minimum absolute atomic E-state index is 0.583. The number of nitriles is 1. The van der Waals surface area contributed by atoms with Gasteiger partial charge >= 0.3 is 0 Å². The van der Waals surface area contributed by atoms with E-state index in [0.29, 0.717) is 30.4 Å². The summed E-state index contributed by atoms with van der Waals surface area (Å²) in [6, 6.07) is 9.42. The van der Waals surface area contributed by atoms with Crippen LogP contribution in [0.25, 0.3) is 0 Å². The van der Waals surface area contributed by atoms with E-state index >= 15 is 0 Å². The largest absolute Gasteiger partial charge is 0.492 e. The Hall–Kier alpha value is -1.53. The van der Waals surface area contributed by atoms with Crippen LogP contribution in [0.1, 0.15) is 38.7 Å². The molecule has 0 radical (unpaired) electrons. The number of nitrogens with zero attached hydrogens (tertiary/aromatic N) is 1. The number of benzene rings is 1. The molecule has 1 unspecified atom stereocenters. The number of ether oxygens (including phenoxy) is 2. The van der Waals surface area contributed by atoms with E-state index in [9.17, 15) is 0 Å². The lowest BCUT2D eigenvalue weighted by molar-refractivity contribution is 0.0910. The lowest BCUT2D eigenvalue weighted by atomic mass is 10.1. The lowest BCUT2D eigenvalue weighted by Gasteiger charge is -2.11. The van der Waals surface area contributed by atoms with Crippen LogP contribution in [0.4, 0.5) is 0 Å². The van der Waals surface area contributed by atoms with Crippen LogP contribution in [0.5, 0.6) is 5.75 Å². The van der Waals surface area contributed by atoms with E-state index in [4.69, 9.17) is 14.7 Å². The van der Waals surface area contributed by atoms with Gasteiger partial charge in [0.2, 0.25) is 0 Å². The van der Waals surface area contributed by atoms with Crippen molar-refractivity contribution in [3.05, 3.63) is 29.8 Å². The number of rotatable bonds is 9. The SMILES string of the molecule is CCCC(C)COCCCOc1ccccc1C#N. The van der Waals surface area contributed by atoms with Crippen LogP contribution in [0.15, 0.2) is 24.3 Å². The third-order valence-corrected chi connectivity index (χ3v) is 2.88. The number of hydrogen-bond donors (Lipinski definition) is 0. The number of para-hydroxylation sites is 1. The topological polar surface area (TPSA) is 42.2 Å². The van der Waals surface area contributed by atoms with Gasteiger partial charge in [0.25, 0.3) is 0 Å². The van der Waals surface area contributed by atoms with Crippen LogP contribution in [0, 0.1) is 17.2 Å². The maximum absolute atomic E-state index is 8.92. The summed E-state index contributed by atoms with van der Waals surface area (Å²) < 4.78 is 11.2. The molecule has 0 amide bonds. The minimum Gasteiger partial charge on any atom is -0.492 e. The Labute approximate surface area is 116 Å². The van der Waals surface area contributed by atoms with Gasteiger partial charge in [0.15, 0.2) is 0 Å². The Balaban J connectivity index is 2.13. The quantitative estimate of drug-likeness (QED) is 0.635. The predicted molar refractivity (Wildman–Crippen MR) is 76.2 cm³/mol. The van der Waals surface area contributed by atoms with Crippen molar-refractivity contribution >= 4 is 0 Å². The molecule has 1 aromatic rings. The van der Waals surface area contributed by atoms with Crippen LogP contribution in [0.3, 0.4) is 0 Å². The Morgan fingerprint density at radius 1 is 1.26 bits per heavy atom. The van der Waals surface area contributed by atoms with Crippen molar-refractivity contribution in [1.82, 2.24) is 0 Å². The first-order valence-electron chi connectivity index (χ1n) is 6.97. The second kappa shape index (κ2) is 9.41. The monoisotopic (exact) mass is 261 g/mol. The van der Waals surface area contributed by atoms with E-state index in [1.54, 1.807) is 6.07 Å². The summed E-state index contributed by atoms with van der Waals surface area (Å²) in [5, 5.41) is 8.92. The van der Waals surface area contributed by atoms with Crippen molar-refractivity contribution in [1.29, 1.82) is 5.26 Å². The molecule has 3 nitrogen and oxygen atoms in total. The molecule has 0 heterocycles. The smallest absolute Gasteiger partial charge is 0.137 e. The van der Waals surface area contributed by atoms with Gasteiger partial charge in [-0.25, -0.2) is 0 Å². The summed E-state index contributed by atoms with van der Waals surface area (Å²) in [5.41, 5.74) is 0.583. The molecule has 0 spiro atoms. The fraction of sp³-hybridized carbons (Fsp3) is 0.562. The molecule has 0 saturated carbocycles. The highest BCUT2D eigenvalue weighted by molar-refractivity contribution is 5.42. The first-order valence-corrected chi connectivity index (χ1v) is 6.97. The second-order valence-electron chi connectivity index (χ2n) is 4.78. The third kappa shape index (κ3) is 6.26. The van der Waals surface area contributed by atoms with Gasteiger partial charge < -0.3 is 9.47 Å². The van der Waals surface area contributed by atoms with Crippen LogP contribution in [0.2, 0.25) is 0 Å². The zero-order chi connectivity index (χ0) is 13.9. The molecule has 0 aromatic heterocycles. The summed E-state index contributed by atoms with van der Waals surface area (Å²) in [4.78, 5) is 0. The van der Waals surface area contributed by atoms with Crippen molar-refractivity contribution in [3.63, 3.8) is 0 Å². The van der Waals surface area contributed by atoms with Gasteiger partial charge in [-0.15, -0.1) is 0 Å². The molecule has 0 aliphatic carbocycles. The lowest BCUT2D eigenvalue weighted by Crippen LogP contribution is -2.09. The maximum atomic E-state index is 8.92. The van der Waals surface area contributed by atoms with Gasteiger partial charge in [-0.2, -0.15) is 5.26 Å². The number of hydrogen-bond acceptors (Lipinski definition) is 3. The highest BCUT2D eigenvalue weighted by Crippen LogP contribution is 2.16. The summed E-state index contributed by atoms with van der Waals surface area (Å²) in [6.07, 6.45) is 3.27. The van der Waals surface area contributed by atoms with Gasteiger partial charge in [0.1, 0.15) is 11.8 Å². The Kier molecular flexibility index (Phi) is 7.69. The van der Waals surface area contributed by atoms with E-state index < -0.39 is 0 Å². The zero-order valence-corrected chi connectivity index (χ0v) is 11.9. The molecular formula is C16H23NO2.